The Morgan fingerprint density at radius 2 is 1.85 bits per heavy atom. The van der Waals surface area contributed by atoms with Gasteiger partial charge in [-0.2, -0.15) is 0 Å². The highest BCUT2D eigenvalue weighted by molar-refractivity contribution is 4.42. The Balaban J connectivity index is 3.00. The molecule has 0 fully saturated rings. The molecule has 0 aliphatic heterocycles. The third-order valence-electron chi connectivity index (χ3n) is 1.80. The van der Waals surface area contributed by atoms with E-state index in [2.05, 4.69) is 33.4 Å². The average Bonchev–Trinajstić information content (AvgIpc) is 2.01. The van der Waals surface area contributed by atoms with Gasteiger partial charge in [0, 0.05) is 6.61 Å². The van der Waals surface area contributed by atoms with Crippen LogP contribution in [0.4, 0.5) is 0 Å². The van der Waals surface area contributed by atoms with E-state index in [0.717, 1.165) is 43.8 Å². The second-order valence-electron chi connectivity index (χ2n) is 4.33. The quantitative estimate of drug-likeness (QED) is 0.448. The van der Waals surface area contributed by atoms with Crippen LogP contribution in [0.3, 0.4) is 0 Å². The molecule has 0 rings (SSSR count). The molecule has 0 aromatic rings. The zero-order chi connectivity index (χ0) is 10.2. The summed E-state index contributed by atoms with van der Waals surface area (Å²) in [5.74, 6) is 0. The lowest BCUT2D eigenvalue weighted by Gasteiger charge is -2.23. The Morgan fingerprint density at radius 1 is 1.15 bits per heavy atom. The fourth-order valence-corrected chi connectivity index (χ4v) is 0.916. The molecule has 3 nitrogen and oxygen atoms in total. The second-order valence-corrected chi connectivity index (χ2v) is 4.33. The van der Waals surface area contributed by atoms with E-state index in [-0.39, 0.29) is 0 Å². The summed E-state index contributed by atoms with van der Waals surface area (Å²) in [4.78, 5) is 0. The predicted molar refractivity (Wildman–Crippen MR) is 56.9 cm³/mol. The van der Waals surface area contributed by atoms with Crippen LogP contribution in [0.2, 0.25) is 0 Å². The molecule has 0 saturated heterocycles. The normalized spacial score (nSPS) is 12.0. The molecule has 0 saturated carbocycles. The highest BCUT2D eigenvalue weighted by Crippen LogP contribution is 1.90. The smallest absolute Gasteiger partial charge is 0.102 e. The van der Waals surface area contributed by atoms with E-state index in [9.17, 15) is 0 Å². The highest BCUT2D eigenvalue weighted by Gasteiger charge is 2.04. The number of hydrogen-bond donors (Lipinski definition) is 1. The van der Waals surface area contributed by atoms with E-state index in [1.807, 2.05) is 0 Å². The zero-order valence-electron chi connectivity index (χ0n) is 9.60. The maximum absolute atomic E-state index is 5.50. The lowest BCUT2D eigenvalue weighted by molar-refractivity contribution is -0.870. The van der Waals surface area contributed by atoms with Crippen LogP contribution in [0.1, 0.15) is 13.3 Å². The second kappa shape index (κ2) is 7.30. The van der Waals surface area contributed by atoms with Gasteiger partial charge in [0.2, 0.25) is 0 Å². The van der Waals surface area contributed by atoms with Gasteiger partial charge < -0.3 is 14.5 Å². The average molecular weight is 189 g/mol. The largest absolute Gasteiger partial charge is 0.376 e. The summed E-state index contributed by atoms with van der Waals surface area (Å²) >= 11 is 0. The molecule has 3 heteroatoms. The van der Waals surface area contributed by atoms with Crippen molar-refractivity contribution in [2.24, 2.45) is 0 Å². The predicted octanol–water partition coefficient (Wildman–Crippen LogP) is 0.709. The first kappa shape index (κ1) is 12.9. The fourth-order valence-electron chi connectivity index (χ4n) is 0.916. The molecule has 0 bridgehead atoms. The van der Waals surface area contributed by atoms with Gasteiger partial charge in [0.1, 0.15) is 6.54 Å². The third kappa shape index (κ3) is 11.9. The van der Waals surface area contributed by atoms with Gasteiger partial charge in [0.25, 0.3) is 0 Å². The Kier molecular flexibility index (Phi) is 7.23. The molecule has 13 heavy (non-hydrogen) atoms. The van der Waals surface area contributed by atoms with E-state index in [1.165, 1.54) is 0 Å². The van der Waals surface area contributed by atoms with Crippen molar-refractivity contribution in [2.75, 3.05) is 54.0 Å². The van der Waals surface area contributed by atoms with Gasteiger partial charge in [-0.25, -0.2) is 0 Å². The van der Waals surface area contributed by atoms with E-state index in [0.29, 0.717) is 0 Å². The van der Waals surface area contributed by atoms with Gasteiger partial charge in [-0.1, -0.05) is 6.92 Å². The molecule has 0 atom stereocenters. The third-order valence-corrected chi connectivity index (χ3v) is 1.80. The summed E-state index contributed by atoms with van der Waals surface area (Å²) in [5.41, 5.74) is 0. The maximum Gasteiger partial charge on any atom is 0.102 e. The van der Waals surface area contributed by atoms with Crippen molar-refractivity contribution in [1.29, 1.82) is 0 Å². The number of ether oxygens (including phenoxy) is 1. The maximum atomic E-state index is 5.50. The lowest BCUT2D eigenvalue weighted by atomic mass is 10.4. The van der Waals surface area contributed by atoms with Crippen LogP contribution >= 0.6 is 0 Å². The van der Waals surface area contributed by atoms with Crippen molar-refractivity contribution in [2.45, 2.75) is 13.3 Å². The summed E-state index contributed by atoms with van der Waals surface area (Å²) in [7, 11) is 6.55. The number of nitrogens with one attached hydrogen (secondary N) is 1. The number of hydrogen-bond acceptors (Lipinski definition) is 2. The van der Waals surface area contributed by atoms with Gasteiger partial charge in [-0.15, -0.1) is 0 Å². The molecule has 0 aromatic heterocycles. The van der Waals surface area contributed by atoms with Crippen molar-refractivity contribution in [3.63, 3.8) is 0 Å². The fraction of sp³-hybridized carbons (Fsp3) is 1.00. The Bertz CT molecular complexity index is 110. The molecule has 0 spiro atoms. The number of likely N-dealkylation sites (N-methyl/N-ethyl adjacent to an activating group) is 1. The lowest BCUT2D eigenvalue weighted by Crippen LogP contribution is -2.37. The summed E-state index contributed by atoms with van der Waals surface area (Å²) < 4.78 is 6.48. The molecule has 0 radical (unpaired) electrons. The molecular weight excluding hydrogens is 164 g/mol. The van der Waals surface area contributed by atoms with E-state index in [4.69, 9.17) is 4.74 Å². The Morgan fingerprint density at radius 3 is 2.38 bits per heavy atom. The minimum atomic E-state index is 0.871. The molecule has 0 aliphatic carbocycles. The SMILES string of the molecule is CCNCCCOCC[N+](C)(C)C. The van der Waals surface area contributed by atoms with Crippen LogP contribution in [0, 0.1) is 0 Å². The first-order valence-corrected chi connectivity index (χ1v) is 5.15. The van der Waals surface area contributed by atoms with E-state index >= 15 is 0 Å². The number of quaternary nitrogens is 1. The summed E-state index contributed by atoms with van der Waals surface area (Å²) in [6.07, 6.45) is 1.12. The molecule has 0 unspecified atom stereocenters. The zero-order valence-corrected chi connectivity index (χ0v) is 9.60. The van der Waals surface area contributed by atoms with Gasteiger partial charge in [-0.3, -0.25) is 0 Å². The highest BCUT2D eigenvalue weighted by atomic mass is 16.5. The first-order valence-electron chi connectivity index (χ1n) is 5.15. The molecule has 80 valence electrons. The monoisotopic (exact) mass is 189 g/mol. The summed E-state index contributed by atoms with van der Waals surface area (Å²) in [6.45, 7) is 7.08. The van der Waals surface area contributed by atoms with Gasteiger partial charge in [-0.05, 0) is 19.5 Å². The van der Waals surface area contributed by atoms with Crippen LogP contribution in [-0.4, -0.2) is 58.5 Å². The van der Waals surface area contributed by atoms with Crippen LogP contribution < -0.4 is 5.32 Å². The summed E-state index contributed by atoms with van der Waals surface area (Å²) in [6, 6.07) is 0. The van der Waals surface area contributed by atoms with Crippen LogP contribution in [0.25, 0.3) is 0 Å². The summed E-state index contributed by atoms with van der Waals surface area (Å²) in [5, 5.41) is 3.27. The number of nitrogens with zero attached hydrogens (tertiary/aromatic N) is 1. The number of rotatable bonds is 8. The van der Waals surface area contributed by atoms with Crippen molar-refractivity contribution in [1.82, 2.24) is 5.32 Å². The van der Waals surface area contributed by atoms with Crippen LogP contribution in [0.5, 0.6) is 0 Å². The molecule has 0 amide bonds. The topological polar surface area (TPSA) is 21.3 Å². The van der Waals surface area contributed by atoms with Crippen LogP contribution in [-0.2, 0) is 4.74 Å². The molecule has 0 aromatic carbocycles. The minimum Gasteiger partial charge on any atom is -0.376 e. The van der Waals surface area contributed by atoms with Crippen molar-refractivity contribution in [3.8, 4) is 0 Å². The molecule has 1 N–H and O–H groups in total. The van der Waals surface area contributed by atoms with Gasteiger partial charge in [0.15, 0.2) is 0 Å². The van der Waals surface area contributed by atoms with Crippen molar-refractivity contribution < 1.29 is 9.22 Å². The van der Waals surface area contributed by atoms with E-state index in [1.54, 1.807) is 0 Å². The molecule has 0 heterocycles. The Labute approximate surface area is 82.7 Å². The van der Waals surface area contributed by atoms with Crippen LogP contribution in [0.15, 0.2) is 0 Å². The van der Waals surface area contributed by atoms with Crippen molar-refractivity contribution in [3.05, 3.63) is 0 Å². The van der Waals surface area contributed by atoms with Crippen molar-refractivity contribution >= 4 is 0 Å². The van der Waals surface area contributed by atoms with Gasteiger partial charge in [0.05, 0.1) is 27.7 Å². The molecule has 0 aliphatic rings. The van der Waals surface area contributed by atoms with Gasteiger partial charge >= 0.3 is 0 Å². The first-order chi connectivity index (χ1) is 6.06. The Hall–Kier alpha value is -0.120. The van der Waals surface area contributed by atoms with E-state index < -0.39 is 0 Å². The minimum absolute atomic E-state index is 0.871. The standard InChI is InChI=1S/C10H25N2O/c1-5-11-7-6-9-13-10-8-12(2,3)4/h11H,5-10H2,1-4H3/q+1. The molecular formula is C10H25N2O+.